The molecule has 0 aliphatic carbocycles. The molecule has 0 aromatic heterocycles. The molecule has 28 heavy (non-hydrogen) atoms. The molecule has 2 aromatic carbocycles. The first kappa shape index (κ1) is 18.7. The third-order valence-electron chi connectivity index (χ3n) is 3.84. The van der Waals surface area contributed by atoms with Crippen molar-refractivity contribution >= 4 is 46.2 Å². The maximum absolute atomic E-state index is 12.9. The standard InChI is InChI=1S/C18H10ClF3N2O3S/c19-11-3-2-10(18(20,21)22)7-12(11)23-17-24-16(25)15(28-17)6-9-1-4-13-14(5-9)27-8-26-13/h1-7H,8H2,(H,23,24,25). The number of ether oxygens (including phenoxy) is 2. The van der Waals surface area contributed by atoms with E-state index in [-0.39, 0.29) is 22.7 Å². The average molecular weight is 427 g/mol. The fraction of sp³-hybridized carbons (Fsp3) is 0.111. The number of benzene rings is 2. The molecule has 4 rings (SSSR count). The fourth-order valence-electron chi connectivity index (χ4n) is 2.52. The summed E-state index contributed by atoms with van der Waals surface area (Å²) in [5.41, 5.74) is -0.245. The van der Waals surface area contributed by atoms with Crippen LogP contribution in [0.25, 0.3) is 6.08 Å². The molecular weight excluding hydrogens is 417 g/mol. The van der Waals surface area contributed by atoms with Crippen molar-refractivity contribution in [3.8, 4) is 11.5 Å². The zero-order chi connectivity index (χ0) is 19.9. The highest BCUT2D eigenvalue weighted by Gasteiger charge is 2.31. The van der Waals surface area contributed by atoms with Crippen LogP contribution in [0.5, 0.6) is 11.5 Å². The van der Waals surface area contributed by atoms with Gasteiger partial charge in [0.15, 0.2) is 16.7 Å². The number of carbonyl (C=O) groups excluding carboxylic acids is 1. The number of carbonyl (C=O) groups is 1. The summed E-state index contributed by atoms with van der Waals surface area (Å²) in [6.45, 7) is 0.138. The van der Waals surface area contributed by atoms with Crippen LogP contribution in [-0.2, 0) is 11.0 Å². The van der Waals surface area contributed by atoms with Crippen molar-refractivity contribution in [2.24, 2.45) is 4.99 Å². The Morgan fingerprint density at radius 3 is 2.71 bits per heavy atom. The van der Waals surface area contributed by atoms with Crippen LogP contribution in [0.3, 0.4) is 0 Å². The van der Waals surface area contributed by atoms with Gasteiger partial charge in [-0.1, -0.05) is 17.7 Å². The Hall–Kier alpha value is -2.65. The summed E-state index contributed by atoms with van der Waals surface area (Å²) in [6, 6.07) is 8.03. The van der Waals surface area contributed by atoms with Crippen LogP contribution in [0.4, 0.5) is 18.9 Å². The van der Waals surface area contributed by atoms with Gasteiger partial charge in [0.05, 0.1) is 21.2 Å². The van der Waals surface area contributed by atoms with Gasteiger partial charge in [0.1, 0.15) is 0 Å². The smallest absolute Gasteiger partial charge is 0.416 e. The molecule has 2 aliphatic rings. The topological polar surface area (TPSA) is 59.9 Å². The average Bonchev–Trinajstić information content (AvgIpc) is 3.22. The van der Waals surface area contributed by atoms with E-state index in [1.165, 1.54) is 0 Å². The normalized spacial score (nSPS) is 18.8. The minimum Gasteiger partial charge on any atom is -0.454 e. The van der Waals surface area contributed by atoms with Gasteiger partial charge in [0.25, 0.3) is 5.91 Å². The van der Waals surface area contributed by atoms with Crippen LogP contribution in [0.15, 0.2) is 46.3 Å². The summed E-state index contributed by atoms with van der Waals surface area (Å²) in [5.74, 6) is 0.777. The van der Waals surface area contributed by atoms with Gasteiger partial charge in [-0.25, -0.2) is 4.99 Å². The van der Waals surface area contributed by atoms with E-state index in [0.717, 1.165) is 30.0 Å². The van der Waals surface area contributed by atoms with Gasteiger partial charge in [-0.05, 0) is 53.7 Å². The number of halogens is 4. The van der Waals surface area contributed by atoms with E-state index in [1.807, 2.05) is 0 Å². The first-order chi connectivity index (χ1) is 13.3. The van der Waals surface area contributed by atoms with Crippen molar-refractivity contribution in [1.29, 1.82) is 0 Å². The van der Waals surface area contributed by atoms with Crippen molar-refractivity contribution in [1.82, 2.24) is 5.32 Å². The largest absolute Gasteiger partial charge is 0.454 e. The first-order valence-electron chi connectivity index (χ1n) is 7.85. The van der Waals surface area contributed by atoms with E-state index in [1.54, 1.807) is 24.3 Å². The molecule has 1 N–H and O–H groups in total. The lowest BCUT2D eigenvalue weighted by atomic mass is 10.2. The van der Waals surface area contributed by atoms with Crippen LogP contribution < -0.4 is 14.8 Å². The van der Waals surface area contributed by atoms with Gasteiger partial charge in [-0.2, -0.15) is 13.2 Å². The predicted octanol–water partition coefficient (Wildman–Crippen LogP) is 4.98. The summed E-state index contributed by atoms with van der Waals surface area (Å²) in [4.78, 5) is 16.6. The summed E-state index contributed by atoms with van der Waals surface area (Å²) in [5, 5.41) is 2.70. The van der Waals surface area contributed by atoms with E-state index in [9.17, 15) is 18.0 Å². The lowest BCUT2D eigenvalue weighted by Crippen LogP contribution is -2.19. The molecule has 144 valence electrons. The molecule has 0 unspecified atom stereocenters. The van der Waals surface area contributed by atoms with E-state index in [0.29, 0.717) is 22.0 Å². The van der Waals surface area contributed by atoms with Gasteiger partial charge in [0, 0.05) is 0 Å². The summed E-state index contributed by atoms with van der Waals surface area (Å²) < 4.78 is 49.2. The summed E-state index contributed by atoms with van der Waals surface area (Å²) in [6.07, 6.45) is -2.89. The molecule has 0 atom stereocenters. The number of nitrogens with one attached hydrogen (secondary N) is 1. The SMILES string of the molecule is O=C1NC(=Nc2cc(C(F)(F)F)ccc2Cl)SC1=Cc1ccc2c(c1)OCO2. The van der Waals surface area contributed by atoms with Gasteiger partial charge >= 0.3 is 6.18 Å². The molecule has 2 aliphatic heterocycles. The minimum absolute atomic E-state index is 0.0450. The van der Waals surface area contributed by atoms with Crippen LogP contribution >= 0.6 is 23.4 Å². The molecule has 1 amide bonds. The van der Waals surface area contributed by atoms with Crippen molar-refractivity contribution in [3.05, 3.63) is 57.5 Å². The second-order valence-electron chi connectivity index (χ2n) is 5.76. The highest BCUT2D eigenvalue weighted by atomic mass is 35.5. The number of hydrogen-bond donors (Lipinski definition) is 1. The molecule has 0 spiro atoms. The molecule has 2 aromatic rings. The minimum atomic E-state index is -4.52. The van der Waals surface area contributed by atoms with Crippen LogP contribution in [0, 0.1) is 0 Å². The number of amides is 1. The molecule has 1 fully saturated rings. The number of amidine groups is 1. The molecule has 0 bridgehead atoms. The van der Waals surface area contributed by atoms with Crippen LogP contribution in [0.1, 0.15) is 11.1 Å². The van der Waals surface area contributed by atoms with Gasteiger partial charge in [-0.3, -0.25) is 4.79 Å². The fourth-order valence-corrected chi connectivity index (χ4v) is 3.51. The predicted molar refractivity (Wildman–Crippen MR) is 99.8 cm³/mol. The van der Waals surface area contributed by atoms with Crippen LogP contribution in [0.2, 0.25) is 5.02 Å². The first-order valence-corrected chi connectivity index (χ1v) is 9.05. The number of rotatable bonds is 2. The Bertz CT molecular complexity index is 1040. The van der Waals surface area contributed by atoms with E-state index >= 15 is 0 Å². The molecular formula is C18H10ClF3N2O3S. The number of hydrogen-bond acceptors (Lipinski definition) is 5. The Morgan fingerprint density at radius 2 is 1.93 bits per heavy atom. The summed E-state index contributed by atoms with van der Waals surface area (Å²) in [7, 11) is 0. The van der Waals surface area contributed by atoms with Crippen molar-refractivity contribution in [2.45, 2.75) is 6.18 Å². The van der Waals surface area contributed by atoms with Gasteiger partial charge in [0.2, 0.25) is 6.79 Å². The number of alkyl halides is 3. The third kappa shape index (κ3) is 3.81. The highest BCUT2D eigenvalue weighted by molar-refractivity contribution is 8.18. The second kappa shape index (κ2) is 7.06. The number of aliphatic imine (C=N–C) groups is 1. The van der Waals surface area contributed by atoms with Crippen molar-refractivity contribution < 1.29 is 27.4 Å². The van der Waals surface area contributed by atoms with Crippen molar-refractivity contribution in [2.75, 3.05) is 6.79 Å². The van der Waals surface area contributed by atoms with E-state index < -0.39 is 17.6 Å². The zero-order valence-electron chi connectivity index (χ0n) is 13.8. The van der Waals surface area contributed by atoms with E-state index in [4.69, 9.17) is 21.1 Å². The molecule has 0 radical (unpaired) electrons. The van der Waals surface area contributed by atoms with Crippen LogP contribution in [-0.4, -0.2) is 17.9 Å². The van der Waals surface area contributed by atoms with E-state index in [2.05, 4.69) is 10.3 Å². The number of fused-ring (bicyclic) bond motifs is 1. The Balaban J connectivity index is 1.60. The molecule has 2 heterocycles. The third-order valence-corrected chi connectivity index (χ3v) is 5.07. The lowest BCUT2D eigenvalue weighted by molar-refractivity contribution is -0.137. The number of nitrogens with zero attached hydrogens (tertiary/aromatic N) is 1. The Kier molecular flexibility index (Phi) is 4.72. The quantitative estimate of drug-likeness (QED) is 0.688. The van der Waals surface area contributed by atoms with Gasteiger partial charge in [-0.15, -0.1) is 0 Å². The molecule has 0 saturated carbocycles. The maximum atomic E-state index is 12.9. The van der Waals surface area contributed by atoms with Gasteiger partial charge < -0.3 is 14.8 Å². The highest BCUT2D eigenvalue weighted by Crippen LogP contribution is 2.37. The van der Waals surface area contributed by atoms with Crippen molar-refractivity contribution in [3.63, 3.8) is 0 Å². The summed E-state index contributed by atoms with van der Waals surface area (Å²) >= 11 is 6.95. The Morgan fingerprint density at radius 1 is 1.14 bits per heavy atom. The monoisotopic (exact) mass is 426 g/mol. The molecule has 5 nitrogen and oxygen atoms in total. The zero-order valence-corrected chi connectivity index (χ0v) is 15.4. The molecule has 10 heteroatoms. The number of thioether (sulfide) groups is 1. The Labute approximate surface area is 166 Å². The molecule has 1 saturated heterocycles. The lowest BCUT2D eigenvalue weighted by Gasteiger charge is -2.08. The second-order valence-corrected chi connectivity index (χ2v) is 7.20. The maximum Gasteiger partial charge on any atom is 0.416 e.